The van der Waals surface area contributed by atoms with Crippen LogP contribution in [0.3, 0.4) is 0 Å². The summed E-state index contributed by atoms with van der Waals surface area (Å²) in [7, 11) is 0. The molecule has 2 heterocycles. The van der Waals surface area contributed by atoms with Crippen LogP contribution in [0.2, 0.25) is 0 Å². The van der Waals surface area contributed by atoms with E-state index in [1.165, 1.54) is 12.3 Å². The highest BCUT2D eigenvalue weighted by molar-refractivity contribution is 5.90. The number of fused-ring (bicyclic) bond motifs is 5. The molecule has 0 bridgehead atoms. The predicted octanol–water partition coefficient (Wildman–Crippen LogP) is 0.677. The Morgan fingerprint density at radius 1 is 1.02 bits per heavy atom. The second-order valence-corrected chi connectivity index (χ2v) is 16.4. The first-order chi connectivity index (χ1) is 23.7. The Kier molecular flexibility index (Phi) is 10.8. The summed E-state index contributed by atoms with van der Waals surface area (Å²) in [6, 6.07) is 1.35. The molecule has 1 aromatic rings. The summed E-state index contributed by atoms with van der Waals surface area (Å²) in [5, 5.41) is 68.4. The number of anilines is 1. The lowest BCUT2D eigenvalue weighted by molar-refractivity contribution is -0.207. The van der Waals surface area contributed by atoms with Gasteiger partial charge in [0.2, 0.25) is 11.8 Å². The minimum absolute atomic E-state index is 0.0186. The van der Waals surface area contributed by atoms with E-state index in [-0.39, 0.29) is 83.6 Å². The number of aliphatic hydroxyl groups is 6. The van der Waals surface area contributed by atoms with Crippen molar-refractivity contribution in [1.29, 1.82) is 0 Å². The Balaban J connectivity index is 0.968. The quantitative estimate of drug-likeness (QED) is 0.169. The van der Waals surface area contributed by atoms with Crippen molar-refractivity contribution in [1.82, 2.24) is 14.9 Å². The lowest BCUT2D eigenvalue weighted by Crippen LogP contribution is -2.62. The fraction of sp³-hybridized carbons (Fsp3) is 0.833. The van der Waals surface area contributed by atoms with Crippen LogP contribution in [0.25, 0.3) is 0 Å². The molecule has 4 saturated carbocycles. The van der Waals surface area contributed by atoms with E-state index in [2.05, 4.69) is 36.4 Å². The van der Waals surface area contributed by atoms with Crippen molar-refractivity contribution in [3.63, 3.8) is 0 Å². The average Bonchev–Trinajstić information content (AvgIpc) is 3.57. The zero-order valence-electron chi connectivity index (χ0n) is 29.4. The maximum absolute atomic E-state index is 12.8. The maximum atomic E-state index is 12.8. The van der Waals surface area contributed by atoms with Crippen molar-refractivity contribution in [3.8, 4) is 0 Å². The number of amides is 2. The molecule has 5 fully saturated rings. The molecule has 4 aliphatic carbocycles. The molecule has 14 heteroatoms. The second-order valence-electron chi connectivity index (χ2n) is 16.4. The normalized spacial score (nSPS) is 43.0. The average molecular weight is 705 g/mol. The first-order valence-electron chi connectivity index (χ1n) is 18.5. The van der Waals surface area contributed by atoms with Crippen molar-refractivity contribution < 1.29 is 45.0 Å². The fourth-order valence-corrected chi connectivity index (χ4v) is 11.1. The zero-order valence-corrected chi connectivity index (χ0v) is 29.4. The van der Waals surface area contributed by atoms with Crippen LogP contribution in [0.15, 0.2) is 17.1 Å². The van der Waals surface area contributed by atoms with E-state index in [9.17, 15) is 45.0 Å². The van der Waals surface area contributed by atoms with Crippen LogP contribution < -0.4 is 16.3 Å². The lowest BCUT2D eigenvalue weighted by atomic mass is 9.43. The highest BCUT2D eigenvalue weighted by atomic mass is 16.6. The fourth-order valence-electron chi connectivity index (χ4n) is 11.1. The first kappa shape index (κ1) is 37.3. The third-order valence-electron chi connectivity index (χ3n) is 13.9. The van der Waals surface area contributed by atoms with Crippen LogP contribution in [0.1, 0.15) is 91.2 Å². The van der Waals surface area contributed by atoms with Crippen LogP contribution in [0, 0.1) is 46.3 Å². The number of rotatable bonds is 10. The van der Waals surface area contributed by atoms with E-state index < -0.39 is 55.0 Å². The largest absolute Gasteiger partial charge is 0.394 e. The van der Waals surface area contributed by atoms with Gasteiger partial charge in [0, 0.05) is 25.6 Å². The number of aromatic nitrogens is 2. The molecule has 15 atom stereocenters. The van der Waals surface area contributed by atoms with Gasteiger partial charge in [-0.25, -0.2) is 4.79 Å². The van der Waals surface area contributed by atoms with Gasteiger partial charge >= 0.3 is 5.69 Å². The van der Waals surface area contributed by atoms with Gasteiger partial charge in [0.05, 0.1) is 24.9 Å². The van der Waals surface area contributed by atoms with E-state index in [4.69, 9.17) is 4.74 Å². The summed E-state index contributed by atoms with van der Waals surface area (Å²) in [4.78, 5) is 41.6. The zero-order chi connectivity index (χ0) is 36.1. The molecule has 50 heavy (non-hydrogen) atoms. The molecule has 1 aromatic heterocycles. The van der Waals surface area contributed by atoms with Gasteiger partial charge in [-0.15, -0.1) is 0 Å². The number of aliphatic hydroxyl groups excluding tert-OH is 6. The van der Waals surface area contributed by atoms with Gasteiger partial charge < -0.3 is 46.0 Å². The van der Waals surface area contributed by atoms with Crippen LogP contribution in [-0.4, -0.2) is 102 Å². The third-order valence-corrected chi connectivity index (χ3v) is 13.9. The van der Waals surface area contributed by atoms with Gasteiger partial charge in [-0.05, 0) is 104 Å². The molecule has 280 valence electrons. The molecule has 0 aromatic carbocycles. The first-order valence-corrected chi connectivity index (χ1v) is 18.5. The number of carbonyl (C=O) groups excluding carboxylic acids is 2. The van der Waals surface area contributed by atoms with E-state index in [0.717, 1.165) is 43.1 Å². The molecule has 1 aliphatic heterocycles. The summed E-state index contributed by atoms with van der Waals surface area (Å²) in [5.74, 6) is 0.624. The smallest absolute Gasteiger partial charge is 0.351 e. The number of nitrogens with zero attached hydrogens (tertiary/aromatic N) is 2. The Hall–Kier alpha value is -2.46. The molecule has 5 aliphatic rings. The van der Waals surface area contributed by atoms with Gasteiger partial charge in [0.15, 0.2) is 6.23 Å². The summed E-state index contributed by atoms with van der Waals surface area (Å²) >= 11 is 0. The monoisotopic (exact) mass is 704 g/mol. The van der Waals surface area contributed by atoms with E-state index >= 15 is 0 Å². The molecule has 6 rings (SSSR count). The standard InChI is InChI=1S/C36H56N4O10/c1-18(21-5-6-22-30-23(16-26(44)36(21,22)3)35(2)11-8-20(42)14-19(35)15-24(30)43)4-7-28(45)37-12-9-29(46)38-27-10-13-40(34(49)39-27)33-32(48)31(47)25(17-41)50-33/h10,13,18-26,30-33,41-44,47-48H,4-9,11-12,14-17H2,1-3H3,(H,37,45)(H,38,39,46,49)/t18-,19+,20-,21-,22+,23+,24-,25-,26+,30?,31-,32+,33-,35+,36-/m1/s1. The minimum Gasteiger partial charge on any atom is -0.394 e. The van der Waals surface area contributed by atoms with Crippen molar-refractivity contribution >= 4 is 17.6 Å². The van der Waals surface area contributed by atoms with Crippen LogP contribution in [-0.2, 0) is 14.3 Å². The van der Waals surface area contributed by atoms with Crippen molar-refractivity contribution in [2.24, 2.45) is 46.3 Å². The van der Waals surface area contributed by atoms with Gasteiger partial charge in [0.1, 0.15) is 24.1 Å². The summed E-state index contributed by atoms with van der Waals surface area (Å²) in [6.45, 7) is 6.25. The second kappa shape index (κ2) is 14.5. The molecule has 0 radical (unpaired) electrons. The molecular weight excluding hydrogens is 648 g/mol. The Morgan fingerprint density at radius 2 is 1.78 bits per heavy atom. The van der Waals surface area contributed by atoms with Crippen molar-refractivity contribution in [2.45, 2.75) is 128 Å². The Labute approximate surface area is 292 Å². The number of hydrogen-bond acceptors (Lipinski definition) is 11. The van der Waals surface area contributed by atoms with E-state index in [0.29, 0.717) is 12.8 Å². The number of hydrogen-bond donors (Lipinski definition) is 8. The highest BCUT2D eigenvalue weighted by Gasteiger charge is 2.65. The SMILES string of the molecule is C[C@H](CCC(=O)NCCC(=O)Nc1ccn([C@@H]2O[C@H](CO)[C@@H](O)[C@@H]2O)c(=O)n1)[C@H]1CC[C@H]2C3[C@H](O)C[C@@H]4C[C@H](O)CC[C@]4(C)[C@H]3C[C@H](O)[C@]12C. The molecule has 8 N–H and O–H groups in total. The summed E-state index contributed by atoms with van der Waals surface area (Å²) in [5.41, 5.74) is -1.14. The van der Waals surface area contributed by atoms with Gasteiger partial charge in [-0.3, -0.25) is 14.2 Å². The predicted molar refractivity (Wildman–Crippen MR) is 180 cm³/mol. The van der Waals surface area contributed by atoms with Crippen molar-refractivity contribution in [2.75, 3.05) is 18.5 Å². The number of nitrogens with one attached hydrogen (secondary N) is 2. The van der Waals surface area contributed by atoms with Gasteiger partial charge in [0.25, 0.3) is 0 Å². The third kappa shape index (κ3) is 6.65. The summed E-state index contributed by atoms with van der Waals surface area (Å²) in [6.07, 6.45) is 1.59. The van der Waals surface area contributed by atoms with Crippen LogP contribution >= 0.6 is 0 Å². The lowest BCUT2D eigenvalue weighted by Gasteiger charge is -2.63. The Morgan fingerprint density at radius 3 is 2.48 bits per heavy atom. The van der Waals surface area contributed by atoms with E-state index in [1.807, 2.05) is 0 Å². The van der Waals surface area contributed by atoms with E-state index in [1.54, 1.807) is 0 Å². The highest BCUT2D eigenvalue weighted by Crippen LogP contribution is 2.68. The molecule has 14 nitrogen and oxygen atoms in total. The minimum atomic E-state index is -1.44. The molecule has 2 amide bonds. The topological polar surface area (TPSA) is 224 Å². The molecule has 0 spiro atoms. The van der Waals surface area contributed by atoms with Crippen LogP contribution in [0.5, 0.6) is 0 Å². The molecule has 1 saturated heterocycles. The Bertz CT molecular complexity index is 1460. The summed E-state index contributed by atoms with van der Waals surface area (Å²) < 4.78 is 6.33. The number of ether oxygens (including phenoxy) is 1. The van der Waals surface area contributed by atoms with Gasteiger partial charge in [-0.2, -0.15) is 4.98 Å². The molecular formula is C36H56N4O10. The van der Waals surface area contributed by atoms with Crippen molar-refractivity contribution in [3.05, 3.63) is 22.7 Å². The van der Waals surface area contributed by atoms with Gasteiger partial charge in [-0.1, -0.05) is 20.8 Å². The molecule has 1 unspecified atom stereocenters. The maximum Gasteiger partial charge on any atom is 0.351 e. The number of carbonyl (C=O) groups is 2. The van der Waals surface area contributed by atoms with Crippen LogP contribution in [0.4, 0.5) is 5.82 Å².